The number of halogens is 4. The molecule has 0 fully saturated rings. The van der Waals surface area contributed by atoms with Gasteiger partial charge in [0.05, 0.1) is 31.5 Å². The summed E-state index contributed by atoms with van der Waals surface area (Å²) in [6, 6.07) is 7.78. The number of nitrogens with zero attached hydrogens (tertiary/aromatic N) is 3. The molecule has 3 aromatic rings. The topological polar surface area (TPSA) is 86.1 Å². The largest absolute Gasteiger partial charge is 0.451 e. The second kappa shape index (κ2) is 9.22. The maximum atomic E-state index is 12.4. The molecular weight excluding hydrogens is 474 g/mol. The molecule has 3 rings (SSSR count). The number of hydrogen-bond acceptors (Lipinski definition) is 5. The maximum Gasteiger partial charge on any atom is 0.359 e. The molecule has 156 valence electrons. The highest BCUT2D eigenvalue weighted by atomic mass is 35.5. The Kier molecular flexibility index (Phi) is 6.88. The van der Waals surface area contributed by atoms with Crippen LogP contribution in [-0.4, -0.2) is 33.2 Å². The number of pyridine rings is 1. The van der Waals surface area contributed by atoms with Crippen molar-refractivity contribution in [1.29, 1.82) is 0 Å². The van der Waals surface area contributed by atoms with Crippen molar-refractivity contribution in [2.24, 2.45) is 0 Å². The summed E-state index contributed by atoms with van der Waals surface area (Å²) in [7, 11) is 0. The van der Waals surface area contributed by atoms with Gasteiger partial charge in [-0.25, -0.2) is 14.5 Å². The monoisotopic (exact) mass is 486 g/mol. The molecule has 7 nitrogen and oxygen atoms in total. The van der Waals surface area contributed by atoms with Crippen LogP contribution >= 0.6 is 46.4 Å². The zero-order valence-corrected chi connectivity index (χ0v) is 18.7. The molecule has 1 N–H and O–H groups in total. The highest BCUT2D eigenvalue weighted by molar-refractivity contribution is 6.44. The van der Waals surface area contributed by atoms with Crippen LogP contribution in [0.5, 0.6) is 0 Å². The second-order valence-electron chi connectivity index (χ2n) is 6.21. The minimum absolute atomic E-state index is 0.0817. The molecule has 0 bridgehead atoms. The number of esters is 1. The van der Waals surface area contributed by atoms with Crippen LogP contribution in [0.1, 0.15) is 21.9 Å². The lowest BCUT2D eigenvalue weighted by molar-refractivity contribution is -0.119. The zero-order valence-electron chi connectivity index (χ0n) is 15.7. The van der Waals surface area contributed by atoms with Crippen LogP contribution in [0.25, 0.3) is 5.82 Å². The fraction of sp³-hybridized carbons (Fsp3) is 0.158. The summed E-state index contributed by atoms with van der Waals surface area (Å²) in [6.45, 7) is 3.11. The molecule has 2 heterocycles. The highest BCUT2D eigenvalue weighted by Gasteiger charge is 2.18. The lowest BCUT2D eigenvalue weighted by Gasteiger charge is -2.10. The Morgan fingerprint density at radius 1 is 1.00 bits per heavy atom. The minimum Gasteiger partial charge on any atom is -0.451 e. The first-order chi connectivity index (χ1) is 14.2. The Labute approximate surface area is 191 Å². The first kappa shape index (κ1) is 22.4. The minimum atomic E-state index is -0.862. The van der Waals surface area contributed by atoms with Crippen molar-refractivity contribution in [2.75, 3.05) is 11.9 Å². The van der Waals surface area contributed by atoms with Crippen molar-refractivity contribution in [3.8, 4) is 5.82 Å². The molecule has 2 aromatic heterocycles. The van der Waals surface area contributed by atoms with Crippen molar-refractivity contribution in [2.45, 2.75) is 13.8 Å². The number of benzene rings is 1. The molecular formula is C19H14Cl4N4O3. The van der Waals surface area contributed by atoms with Crippen LogP contribution in [0.2, 0.25) is 20.1 Å². The average Bonchev–Trinajstić information content (AvgIpc) is 3.02. The molecule has 0 unspecified atom stereocenters. The number of carbonyl (C=O) groups excluding carboxylic acids is 2. The van der Waals surface area contributed by atoms with Crippen LogP contribution in [-0.2, 0) is 9.53 Å². The van der Waals surface area contributed by atoms with Crippen LogP contribution in [0.3, 0.4) is 0 Å². The van der Waals surface area contributed by atoms with Crippen LogP contribution in [0.4, 0.5) is 5.69 Å². The van der Waals surface area contributed by atoms with E-state index in [-0.39, 0.29) is 31.5 Å². The predicted molar refractivity (Wildman–Crippen MR) is 116 cm³/mol. The van der Waals surface area contributed by atoms with Crippen molar-refractivity contribution in [3.63, 3.8) is 0 Å². The third-order valence-corrected chi connectivity index (χ3v) is 5.21. The summed E-state index contributed by atoms with van der Waals surface area (Å²) in [6.07, 6.45) is 0. The summed E-state index contributed by atoms with van der Waals surface area (Å²) in [4.78, 5) is 28.8. The molecule has 1 aromatic carbocycles. The van der Waals surface area contributed by atoms with Crippen molar-refractivity contribution in [1.82, 2.24) is 14.8 Å². The van der Waals surface area contributed by atoms with Crippen LogP contribution < -0.4 is 5.32 Å². The third kappa shape index (κ3) is 5.05. The molecule has 30 heavy (non-hydrogen) atoms. The summed E-state index contributed by atoms with van der Waals surface area (Å²) >= 11 is 23.9. The zero-order chi connectivity index (χ0) is 22.0. The van der Waals surface area contributed by atoms with Gasteiger partial charge in [-0.3, -0.25) is 4.79 Å². The summed E-state index contributed by atoms with van der Waals surface area (Å²) < 4.78 is 6.60. The van der Waals surface area contributed by atoms with Gasteiger partial charge in [-0.15, -0.1) is 0 Å². The van der Waals surface area contributed by atoms with E-state index >= 15 is 0 Å². The number of rotatable bonds is 5. The number of carbonyl (C=O) groups is 2. The molecule has 0 radical (unpaired) electrons. The number of anilines is 1. The van der Waals surface area contributed by atoms with E-state index in [1.165, 1.54) is 18.2 Å². The van der Waals surface area contributed by atoms with Gasteiger partial charge in [-0.2, -0.15) is 5.10 Å². The molecule has 0 aliphatic heterocycles. The number of ether oxygens (including phenoxy) is 1. The fourth-order valence-electron chi connectivity index (χ4n) is 2.56. The molecule has 11 heteroatoms. The standard InChI is InChI=1S/C19H14Cl4N4O3/c1-9-5-10(2)27(26-9)16-4-3-11(20)18(25-16)19(29)30-8-17(28)24-15-7-13(22)12(21)6-14(15)23/h3-7H,8H2,1-2H3,(H,24,28). The maximum absolute atomic E-state index is 12.4. The first-order valence-corrected chi connectivity index (χ1v) is 9.98. The van der Waals surface area contributed by atoms with Crippen molar-refractivity contribution < 1.29 is 14.3 Å². The van der Waals surface area contributed by atoms with Gasteiger partial charge in [-0.1, -0.05) is 46.4 Å². The van der Waals surface area contributed by atoms with Gasteiger partial charge in [0.1, 0.15) is 0 Å². The SMILES string of the molecule is Cc1cc(C)n(-c2ccc(Cl)c(C(=O)OCC(=O)Nc3cc(Cl)c(Cl)cc3Cl)n2)n1. The first-order valence-electron chi connectivity index (χ1n) is 8.47. The Hall–Kier alpha value is -2.32. The van der Waals surface area contributed by atoms with Gasteiger partial charge >= 0.3 is 5.97 Å². The van der Waals surface area contributed by atoms with Crippen molar-refractivity contribution in [3.05, 3.63) is 67.5 Å². The highest BCUT2D eigenvalue weighted by Crippen LogP contribution is 2.32. The summed E-state index contributed by atoms with van der Waals surface area (Å²) in [5, 5.41) is 7.53. The van der Waals surface area contributed by atoms with E-state index in [0.29, 0.717) is 5.82 Å². The van der Waals surface area contributed by atoms with E-state index in [9.17, 15) is 9.59 Å². The molecule has 0 saturated carbocycles. The van der Waals surface area contributed by atoms with Crippen molar-refractivity contribution >= 4 is 64.0 Å². The van der Waals surface area contributed by atoms with E-state index in [0.717, 1.165) is 11.4 Å². The van der Waals surface area contributed by atoms with E-state index in [2.05, 4.69) is 15.4 Å². The molecule has 0 saturated heterocycles. The Bertz CT molecular complexity index is 1150. The van der Waals surface area contributed by atoms with Gasteiger partial charge in [0, 0.05) is 5.69 Å². The Morgan fingerprint density at radius 2 is 1.70 bits per heavy atom. The summed E-state index contributed by atoms with van der Waals surface area (Å²) in [5.74, 6) is -1.10. The normalized spacial score (nSPS) is 10.7. The second-order valence-corrected chi connectivity index (χ2v) is 7.84. The van der Waals surface area contributed by atoms with Crippen LogP contribution in [0, 0.1) is 13.8 Å². The van der Waals surface area contributed by atoms with Gasteiger partial charge in [-0.05, 0) is 44.2 Å². The van der Waals surface area contributed by atoms with Gasteiger partial charge < -0.3 is 10.1 Å². The quantitative estimate of drug-likeness (QED) is 0.390. The van der Waals surface area contributed by atoms with Gasteiger partial charge in [0.25, 0.3) is 5.91 Å². The number of hydrogen-bond donors (Lipinski definition) is 1. The summed E-state index contributed by atoms with van der Waals surface area (Å²) in [5.41, 5.74) is 1.72. The Balaban J connectivity index is 1.70. The lowest BCUT2D eigenvalue weighted by atomic mass is 10.3. The van der Waals surface area contributed by atoms with Gasteiger partial charge in [0.15, 0.2) is 18.1 Å². The number of amides is 1. The predicted octanol–water partition coefficient (Wildman–Crippen LogP) is 5.29. The fourth-order valence-corrected chi connectivity index (χ4v) is 3.33. The average molecular weight is 488 g/mol. The number of nitrogens with one attached hydrogen (secondary N) is 1. The molecule has 0 aliphatic rings. The third-order valence-electron chi connectivity index (χ3n) is 3.87. The number of aryl methyl sites for hydroxylation is 2. The molecule has 0 atom stereocenters. The van der Waals surface area contributed by atoms with E-state index in [1.54, 1.807) is 10.7 Å². The molecule has 0 spiro atoms. The molecule has 1 amide bonds. The smallest absolute Gasteiger partial charge is 0.359 e. The van der Waals surface area contributed by atoms with E-state index < -0.39 is 18.5 Å². The lowest BCUT2D eigenvalue weighted by Crippen LogP contribution is -2.22. The van der Waals surface area contributed by atoms with E-state index in [4.69, 9.17) is 51.1 Å². The Morgan fingerprint density at radius 3 is 2.37 bits per heavy atom. The van der Waals surface area contributed by atoms with E-state index in [1.807, 2.05) is 19.9 Å². The van der Waals surface area contributed by atoms with Gasteiger partial charge in [0.2, 0.25) is 0 Å². The number of aromatic nitrogens is 3. The molecule has 0 aliphatic carbocycles. The van der Waals surface area contributed by atoms with Crippen LogP contribution in [0.15, 0.2) is 30.3 Å².